The topological polar surface area (TPSA) is 87.6 Å². The fourth-order valence-electron chi connectivity index (χ4n) is 3.08. The van der Waals surface area contributed by atoms with Crippen molar-refractivity contribution in [2.75, 3.05) is 7.11 Å². The van der Waals surface area contributed by atoms with Crippen molar-refractivity contribution in [1.82, 2.24) is 10.2 Å². The van der Waals surface area contributed by atoms with Crippen molar-refractivity contribution in [1.29, 1.82) is 0 Å². The summed E-state index contributed by atoms with van der Waals surface area (Å²) >= 11 is 0. The number of rotatable bonds is 7. The molecule has 0 radical (unpaired) electrons. The van der Waals surface area contributed by atoms with Crippen LogP contribution in [0.15, 0.2) is 62.2 Å². The van der Waals surface area contributed by atoms with Gasteiger partial charge in [-0.2, -0.15) is 0 Å². The summed E-state index contributed by atoms with van der Waals surface area (Å²) in [5, 5.41) is 8.98. The quantitative estimate of drug-likeness (QED) is 0.431. The highest BCUT2D eigenvalue weighted by atomic mass is 16.5. The van der Waals surface area contributed by atoms with Crippen LogP contribution in [-0.2, 0) is 13.0 Å². The number of nitrogens with zero attached hydrogens (tertiary/aromatic N) is 2. The van der Waals surface area contributed by atoms with Crippen LogP contribution < -0.4 is 15.1 Å². The molecule has 4 aromatic rings. The number of methoxy groups -OCH3 is 1. The molecule has 148 valence electrons. The van der Waals surface area contributed by atoms with Gasteiger partial charge in [0.1, 0.15) is 17.1 Å². The second-order valence-electron chi connectivity index (χ2n) is 6.52. The van der Waals surface area contributed by atoms with Crippen molar-refractivity contribution >= 4 is 11.0 Å². The summed E-state index contributed by atoms with van der Waals surface area (Å²) in [5.41, 5.74) is 1.91. The molecule has 0 aliphatic heterocycles. The lowest BCUT2D eigenvalue weighted by Gasteiger charge is -2.07. The predicted molar refractivity (Wildman–Crippen MR) is 107 cm³/mol. The molecular formula is C22H20N2O5. The molecule has 2 aromatic carbocycles. The van der Waals surface area contributed by atoms with E-state index in [1.54, 1.807) is 19.2 Å². The Morgan fingerprint density at radius 3 is 2.52 bits per heavy atom. The van der Waals surface area contributed by atoms with Crippen LogP contribution >= 0.6 is 0 Å². The van der Waals surface area contributed by atoms with Crippen LogP contribution in [0.4, 0.5) is 0 Å². The molecule has 0 unspecified atom stereocenters. The number of aromatic nitrogens is 2. The standard InChI is InChI=1S/C22H20N2O5/c1-3-4-15-11-21(25)28-19-12-17(9-10-18(15)19)27-13-20-23-24-22(29-20)14-5-7-16(26-2)8-6-14/h5-12H,3-4,13H2,1-2H3. The van der Waals surface area contributed by atoms with Gasteiger partial charge in [0.2, 0.25) is 5.89 Å². The first kappa shape index (κ1) is 18.7. The van der Waals surface area contributed by atoms with E-state index in [1.807, 2.05) is 36.4 Å². The Hall–Kier alpha value is -3.61. The lowest BCUT2D eigenvalue weighted by atomic mass is 10.1. The van der Waals surface area contributed by atoms with Gasteiger partial charge < -0.3 is 18.3 Å². The number of hydrogen-bond donors (Lipinski definition) is 0. The number of fused-ring (bicyclic) bond motifs is 1. The monoisotopic (exact) mass is 392 g/mol. The van der Waals surface area contributed by atoms with E-state index in [1.165, 1.54) is 0 Å². The summed E-state index contributed by atoms with van der Waals surface area (Å²) in [7, 11) is 1.61. The van der Waals surface area contributed by atoms with E-state index in [9.17, 15) is 4.79 Å². The van der Waals surface area contributed by atoms with E-state index in [0.717, 1.165) is 35.1 Å². The lowest BCUT2D eigenvalue weighted by molar-refractivity contribution is 0.264. The molecule has 0 N–H and O–H groups in total. The number of benzene rings is 2. The molecule has 0 saturated carbocycles. The van der Waals surface area contributed by atoms with Crippen LogP contribution in [0.1, 0.15) is 24.8 Å². The van der Waals surface area contributed by atoms with Gasteiger partial charge in [-0.05, 0) is 48.4 Å². The van der Waals surface area contributed by atoms with Gasteiger partial charge in [-0.25, -0.2) is 4.79 Å². The third-order valence-corrected chi connectivity index (χ3v) is 4.49. The van der Waals surface area contributed by atoms with E-state index in [-0.39, 0.29) is 12.2 Å². The third kappa shape index (κ3) is 4.13. The molecule has 2 heterocycles. The molecule has 7 nitrogen and oxygen atoms in total. The van der Waals surface area contributed by atoms with Gasteiger partial charge in [0.05, 0.1) is 7.11 Å². The molecule has 0 saturated heterocycles. The van der Waals surface area contributed by atoms with Gasteiger partial charge in [-0.15, -0.1) is 10.2 Å². The summed E-state index contributed by atoms with van der Waals surface area (Å²) in [6.45, 7) is 2.18. The van der Waals surface area contributed by atoms with Crippen LogP contribution in [0.5, 0.6) is 11.5 Å². The van der Waals surface area contributed by atoms with Crippen molar-refractivity contribution in [3.05, 3.63) is 70.4 Å². The second-order valence-corrected chi connectivity index (χ2v) is 6.52. The second kappa shape index (κ2) is 8.18. The zero-order chi connectivity index (χ0) is 20.2. The van der Waals surface area contributed by atoms with Crippen molar-refractivity contribution in [2.24, 2.45) is 0 Å². The third-order valence-electron chi connectivity index (χ3n) is 4.49. The van der Waals surface area contributed by atoms with E-state index in [4.69, 9.17) is 18.3 Å². The molecule has 4 rings (SSSR count). The molecule has 0 amide bonds. The van der Waals surface area contributed by atoms with Crippen LogP contribution in [0.25, 0.3) is 22.4 Å². The van der Waals surface area contributed by atoms with Crippen molar-refractivity contribution in [3.63, 3.8) is 0 Å². The van der Waals surface area contributed by atoms with Gasteiger partial charge in [-0.1, -0.05) is 13.3 Å². The minimum atomic E-state index is -0.362. The summed E-state index contributed by atoms with van der Waals surface area (Å²) in [6, 6.07) is 14.3. The van der Waals surface area contributed by atoms with E-state index < -0.39 is 0 Å². The number of ether oxygens (including phenoxy) is 2. The summed E-state index contributed by atoms with van der Waals surface area (Å²) in [4.78, 5) is 11.8. The smallest absolute Gasteiger partial charge is 0.336 e. The van der Waals surface area contributed by atoms with Gasteiger partial charge in [0, 0.05) is 23.1 Å². The highest BCUT2D eigenvalue weighted by Gasteiger charge is 2.11. The molecule has 0 aliphatic rings. The molecule has 29 heavy (non-hydrogen) atoms. The number of aryl methyl sites for hydroxylation is 1. The highest BCUT2D eigenvalue weighted by molar-refractivity contribution is 5.81. The van der Waals surface area contributed by atoms with E-state index >= 15 is 0 Å². The molecule has 0 aliphatic carbocycles. The fraction of sp³-hybridized carbons (Fsp3) is 0.227. The van der Waals surface area contributed by atoms with Gasteiger partial charge in [-0.3, -0.25) is 0 Å². The first-order valence-electron chi connectivity index (χ1n) is 9.32. The van der Waals surface area contributed by atoms with Crippen molar-refractivity contribution in [3.8, 4) is 23.0 Å². The van der Waals surface area contributed by atoms with Crippen LogP contribution in [0.3, 0.4) is 0 Å². The Kier molecular flexibility index (Phi) is 5.29. The first-order chi connectivity index (χ1) is 14.2. The Bertz CT molecular complexity index is 1180. The fourth-order valence-corrected chi connectivity index (χ4v) is 3.08. The minimum absolute atomic E-state index is 0.105. The normalized spacial score (nSPS) is 11.0. The molecule has 0 fully saturated rings. The van der Waals surface area contributed by atoms with Crippen LogP contribution in [0, 0.1) is 0 Å². The molecule has 0 bridgehead atoms. The van der Waals surface area contributed by atoms with Crippen molar-refractivity contribution in [2.45, 2.75) is 26.4 Å². The maximum atomic E-state index is 11.8. The summed E-state index contributed by atoms with van der Waals surface area (Å²) in [5.74, 6) is 2.05. The summed E-state index contributed by atoms with van der Waals surface area (Å²) in [6.07, 6.45) is 1.77. The Balaban J connectivity index is 1.49. The highest BCUT2D eigenvalue weighted by Crippen LogP contribution is 2.25. The van der Waals surface area contributed by atoms with Gasteiger partial charge in [0.25, 0.3) is 5.89 Å². The average Bonchev–Trinajstić information content (AvgIpc) is 3.21. The average molecular weight is 392 g/mol. The minimum Gasteiger partial charge on any atom is -0.497 e. The lowest BCUT2D eigenvalue weighted by Crippen LogP contribution is -2.01. The Labute approximate surface area is 166 Å². The van der Waals surface area contributed by atoms with Crippen LogP contribution in [-0.4, -0.2) is 17.3 Å². The maximum Gasteiger partial charge on any atom is 0.336 e. The molecule has 7 heteroatoms. The van der Waals surface area contributed by atoms with Crippen molar-refractivity contribution < 1.29 is 18.3 Å². The Morgan fingerprint density at radius 1 is 0.966 bits per heavy atom. The largest absolute Gasteiger partial charge is 0.497 e. The molecule has 2 aromatic heterocycles. The summed E-state index contributed by atoms with van der Waals surface area (Å²) < 4.78 is 21.9. The van der Waals surface area contributed by atoms with Gasteiger partial charge >= 0.3 is 5.63 Å². The first-order valence-corrected chi connectivity index (χ1v) is 9.32. The molecular weight excluding hydrogens is 372 g/mol. The van der Waals surface area contributed by atoms with E-state index in [2.05, 4.69) is 17.1 Å². The predicted octanol–water partition coefficient (Wildman–Crippen LogP) is 4.38. The zero-order valence-corrected chi connectivity index (χ0v) is 16.2. The number of hydrogen-bond acceptors (Lipinski definition) is 7. The molecule has 0 atom stereocenters. The molecule has 0 spiro atoms. The Morgan fingerprint density at radius 2 is 1.76 bits per heavy atom. The zero-order valence-electron chi connectivity index (χ0n) is 16.2. The van der Waals surface area contributed by atoms with E-state index in [0.29, 0.717) is 23.1 Å². The maximum absolute atomic E-state index is 11.8. The van der Waals surface area contributed by atoms with Gasteiger partial charge in [0.15, 0.2) is 6.61 Å². The van der Waals surface area contributed by atoms with Crippen LogP contribution in [0.2, 0.25) is 0 Å². The SMILES string of the molecule is CCCc1cc(=O)oc2cc(OCc3nnc(-c4ccc(OC)cc4)o3)ccc12.